The van der Waals surface area contributed by atoms with Crippen LogP contribution >= 0.6 is 27.5 Å². The van der Waals surface area contributed by atoms with E-state index in [1.165, 1.54) is 7.11 Å². The van der Waals surface area contributed by atoms with E-state index < -0.39 is 11.3 Å². The van der Waals surface area contributed by atoms with Gasteiger partial charge in [-0.1, -0.05) is 15.9 Å². The molecule has 0 aliphatic rings. The molecule has 0 aromatic heterocycles. The van der Waals surface area contributed by atoms with Crippen molar-refractivity contribution in [2.75, 3.05) is 13.7 Å². The Bertz CT molecular complexity index is 444. The average molecular weight is 335 g/mol. The Labute approximate surface area is 119 Å². The molecule has 0 heterocycles. The Balaban J connectivity index is 2.63. The van der Waals surface area contributed by atoms with E-state index in [2.05, 4.69) is 26.0 Å². The second-order valence-electron chi connectivity index (χ2n) is 3.72. The SMILES string of the molecule is COC(=O)C(Cl)CNC(=O)c1cc(C)cc(Br)c1. The summed E-state index contributed by atoms with van der Waals surface area (Å²) >= 11 is 9.04. The molecule has 0 spiro atoms. The number of ether oxygens (including phenoxy) is 1. The highest BCUT2D eigenvalue weighted by atomic mass is 79.9. The number of carbonyl (C=O) groups is 2. The summed E-state index contributed by atoms with van der Waals surface area (Å²) in [6.07, 6.45) is 0. The lowest BCUT2D eigenvalue weighted by molar-refractivity contribution is -0.140. The topological polar surface area (TPSA) is 55.4 Å². The lowest BCUT2D eigenvalue weighted by atomic mass is 10.1. The Morgan fingerprint density at radius 1 is 1.44 bits per heavy atom. The molecule has 1 unspecified atom stereocenters. The maximum atomic E-state index is 11.8. The van der Waals surface area contributed by atoms with Crippen molar-refractivity contribution >= 4 is 39.4 Å². The molecule has 0 radical (unpaired) electrons. The molecule has 1 atom stereocenters. The van der Waals surface area contributed by atoms with E-state index in [0.717, 1.165) is 10.0 Å². The van der Waals surface area contributed by atoms with Gasteiger partial charge in [0.1, 0.15) is 5.38 Å². The van der Waals surface area contributed by atoms with Crippen LogP contribution < -0.4 is 5.32 Å². The highest BCUT2D eigenvalue weighted by molar-refractivity contribution is 9.10. The summed E-state index contributed by atoms with van der Waals surface area (Å²) in [4.78, 5) is 22.9. The molecular formula is C12H13BrClNO3. The van der Waals surface area contributed by atoms with Gasteiger partial charge >= 0.3 is 5.97 Å². The van der Waals surface area contributed by atoms with Crippen LogP contribution in [0.5, 0.6) is 0 Å². The minimum absolute atomic E-state index is 0.0264. The maximum Gasteiger partial charge on any atom is 0.325 e. The number of benzene rings is 1. The fraction of sp³-hybridized carbons (Fsp3) is 0.333. The van der Waals surface area contributed by atoms with Gasteiger partial charge in [0, 0.05) is 16.6 Å². The first kappa shape index (κ1) is 15.0. The quantitative estimate of drug-likeness (QED) is 0.679. The number of methoxy groups -OCH3 is 1. The van der Waals surface area contributed by atoms with Crippen LogP contribution in [0, 0.1) is 6.92 Å². The van der Waals surface area contributed by atoms with Crippen molar-refractivity contribution in [1.82, 2.24) is 5.32 Å². The molecule has 0 saturated carbocycles. The number of nitrogens with one attached hydrogen (secondary N) is 1. The van der Waals surface area contributed by atoms with Crippen LogP contribution in [0.15, 0.2) is 22.7 Å². The number of rotatable bonds is 4. The smallest absolute Gasteiger partial charge is 0.325 e. The number of halogens is 2. The number of alkyl halides is 1. The predicted octanol–water partition coefficient (Wildman–Crippen LogP) is 2.27. The van der Waals surface area contributed by atoms with Gasteiger partial charge in [0.05, 0.1) is 7.11 Å². The molecule has 0 aliphatic carbocycles. The normalized spacial score (nSPS) is 11.8. The Hall–Kier alpha value is -1.07. The number of aryl methyl sites for hydroxylation is 1. The summed E-state index contributed by atoms with van der Waals surface area (Å²) in [6, 6.07) is 5.35. The molecule has 6 heteroatoms. The van der Waals surface area contributed by atoms with Gasteiger partial charge in [0.2, 0.25) is 0 Å². The van der Waals surface area contributed by atoms with Crippen LogP contribution in [-0.4, -0.2) is 30.9 Å². The van der Waals surface area contributed by atoms with Gasteiger partial charge in [-0.2, -0.15) is 0 Å². The lowest BCUT2D eigenvalue weighted by Gasteiger charge is -2.09. The molecule has 18 heavy (non-hydrogen) atoms. The monoisotopic (exact) mass is 333 g/mol. The van der Waals surface area contributed by atoms with Gasteiger partial charge in [-0.15, -0.1) is 11.6 Å². The second kappa shape index (κ2) is 6.75. The molecule has 0 fully saturated rings. The van der Waals surface area contributed by atoms with Gasteiger partial charge in [-0.25, -0.2) is 0 Å². The van der Waals surface area contributed by atoms with Crippen LogP contribution in [0.2, 0.25) is 0 Å². The summed E-state index contributed by atoms with van der Waals surface area (Å²) in [5, 5.41) is 1.69. The highest BCUT2D eigenvalue weighted by Gasteiger charge is 2.17. The van der Waals surface area contributed by atoms with Crippen LogP contribution in [0.25, 0.3) is 0 Å². The van der Waals surface area contributed by atoms with Gasteiger partial charge in [-0.3, -0.25) is 9.59 Å². The van der Waals surface area contributed by atoms with E-state index in [9.17, 15) is 9.59 Å². The van der Waals surface area contributed by atoms with Gasteiger partial charge < -0.3 is 10.1 Å². The molecule has 1 aromatic rings. The third kappa shape index (κ3) is 4.31. The largest absolute Gasteiger partial charge is 0.468 e. The molecule has 0 saturated heterocycles. The van der Waals surface area contributed by atoms with Gasteiger partial charge in [0.25, 0.3) is 5.91 Å². The number of hydrogen-bond donors (Lipinski definition) is 1. The zero-order chi connectivity index (χ0) is 13.7. The summed E-state index contributed by atoms with van der Waals surface area (Å²) in [7, 11) is 1.25. The average Bonchev–Trinajstić information content (AvgIpc) is 2.33. The number of hydrogen-bond acceptors (Lipinski definition) is 3. The predicted molar refractivity (Wildman–Crippen MR) is 72.9 cm³/mol. The first-order valence-electron chi connectivity index (χ1n) is 5.21. The van der Waals surface area contributed by atoms with Crippen molar-refractivity contribution in [1.29, 1.82) is 0 Å². The first-order chi connectivity index (χ1) is 8.43. The summed E-state index contributed by atoms with van der Waals surface area (Å²) < 4.78 is 5.28. The lowest BCUT2D eigenvalue weighted by Crippen LogP contribution is -2.34. The third-order valence-electron chi connectivity index (χ3n) is 2.20. The first-order valence-corrected chi connectivity index (χ1v) is 6.44. The van der Waals surface area contributed by atoms with E-state index >= 15 is 0 Å². The van der Waals surface area contributed by atoms with E-state index in [0.29, 0.717) is 5.56 Å². The van der Waals surface area contributed by atoms with Crippen LogP contribution in [0.1, 0.15) is 15.9 Å². The van der Waals surface area contributed by atoms with Crippen LogP contribution in [0.3, 0.4) is 0 Å². The van der Waals surface area contributed by atoms with Crippen molar-refractivity contribution in [3.8, 4) is 0 Å². The fourth-order valence-electron chi connectivity index (χ4n) is 1.36. The fourth-order valence-corrected chi connectivity index (χ4v) is 2.14. The minimum atomic E-state index is -0.882. The van der Waals surface area contributed by atoms with Crippen molar-refractivity contribution < 1.29 is 14.3 Å². The number of amides is 1. The standard InChI is InChI=1S/C12H13BrClNO3/c1-7-3-8(5-9(13)4-7)11(16)15-6-10(14)12(17)18-2/h3-5,10H,6H2,1-2H3,(H,15,16). The third-order valence-corrected chi connectivity index (χ3v) is 2.99. The van der Waals surface area contributed by atoms with E-state index in [1.807, 2.05) is 13.0 Å². The summed E-state index contributed by atoms with van der Waals surface area (Å²) in [5.74, 6) is -0.851. The van der Waals surface area contributed by atoms with Crippen molar-refractivity contribution in [2.45, 2.75) is 12.3 Å². The molecule has 1 N–H and O–H groups in total. The van der Waals surface area contributed by atoms with E-state index in [-0.39, 0.29) is 12.5 Å². The number of carbonyl (C=O) groups excluding carboxylic acids is 2. The molecule has 1 amide bonds. The Kier molecular flexibility index (Phi) is 5.62. The second-order valence-corrected chi connectivity index (χ2v) is 5.16. The minimum Gasteiger partial charge on any atom is -0.468 e. The van der Waals surface area contributed by atoms with Crippen molar-refractivity contribution in [3.63, 3.8) is 0 Å². The molecule has 1 rings (SSSR count). The Morgan fingerprint density at radius 3 is 2.67 bits per heavy atom. The molecule has 98 valence electrons. The van der Waals surface area contributed by atoms with E-state index in [4.69, 9.17) is 11.6 Å². The zero-order valence-electron chi connectivity index (χ0n) is 10.00. The zero-order valence-corrected chi connectivity index (χ0v) is 12.3. The molecule has 1 aromatic carbocycles. The number of esters is 1. The summed E-state index contributed by atoms with van der Waals surface area (Å²) in [5.41, 5.74) is 1.47. The molecule has 0 bridgehead atoms. The van der Waals surface area contributed by atoms with Crippen molar-refractivity contribution in [3.05, 3.63) is 33.8 Å². The van der Waals surface area contributed by atoms with Crippen LogP contribution in [-0.2, 0) is 9.53 Å². The van der Waals surface area contributed by atoms with E-state index in [1.54, 1.807) is 12.1 Å². The van der Waals surface area contributed by atoms with Crippen LogP contribution in [0.4, 0.5) is 0 Å². The highest BCUT2D eigenvalue weighted by Crippen LogP contribution is 2.15. The summed E-state index contributed by atoms with van der Waals surface area (Å²) in [6.45, 7) is 1.92. The van der Waals surface area contributed by atoms with Gasteiger partial charge in [-0.05, 0) is 30.7 Å². The molecule has 4 nitrogen and oxygen atoms in total. The Morgan fingerprint density at radius 2 is 2.11 bits per heavy atom. The maximum absolute atomic E-state index is 11.8. The molecular weight excluding hydrogens is 321 g/mol. The van der Waals surface area contributed by atoms with Gasteiger partial charge in [0.15, 0.2) is 0 Å². The molecule has 0 aliphatic heterocycles. The van der Waals surface area contributed by atoms with Crippen molar-refractivity contribution in [2.24, 2.45) is 0 Å².